The lowest BCUT2D eigenvalue weighted by atomic mass is 10.1. The molecule has 1 amide bonds. The van der Waals surface area contributed by atoms with Gasteiger partial charge in [-0.25, -0.2) is 0 Å². The number of nitrogens with zero attached hydrogens (tertiary/aromatic N) is 1. The van der Waals surface area contributed by atoms with Gasteiger partial charge in [0.15, 0.2) is 0 Å². The molecule has 4 N–H and O–H groups in total. The first-order valence-corrected chi connectivity index (χ1v) is 5.25. The molecule has 5 heteroatoms. The monoisotopic (exact) mass is 230 g/mol. The molecule has 5 nitrogen and oxygen atoms in total. The summed E-state index contributed by atoms with van der Waals surface area (Å²) < 4.78 is 0. The number of aromatic amines is 1. The second-order valence-corrected chi connectivity index (χ2v) is 4.03. The summed E-state index contributed by atoms with van der Waals surface area (Å²) in [7, 11) is 0. The highest BCUT2D eigenvalue weighted by Crippen LogP contribution is 2.16. The summed E-state index contributed by atoms with van der Waals surface area (Å²) in [5, 5.41) is 9.02. The Bertz CT molecular complexity index is 539. The van der Waals surface area contributed by atoms with E-state index in [0.717, 1.165) is 16.8 Å². The van der Waals surface area contributed by atoms with Gasteiger partial charge in [0.05, 0.1) is 6.20 Å². The van der Waals surface area contributed by atoms with Crippen LogP contribution in [0, 0.1) is 13.8 Å². The maximum Gasteiger partial charge on any atom is 0.261 e. The van der Waals surface area contributed by atoms with Gasteiger partial charge in [-0.15, -0.1) is 0 Å². The Morgan fingerprint density at radius 1 is 1.29 bits per heavy atom. The molecule has 0 bridgehead atoms. The smallest absolute Gasteiger partial charge is 0.261 e. The van der Waals surface area contributed by atoms with Gasteiger partial charge in [0.25, 0.3) is 5.91 Å². The van der Waals surface area contributed by atoms with E-state index >= 15 is 0 Å². The van der Waals surface area contributed by atoms with Crippen molar-refractivity contribution in [2.75, 3.05) is 11.1 Å². The second kappa shape index (κ2) is 4.29. The van der Waals surface area contributed by atoms with Crippen molar-refractivity contribution in [3.63, 3.8) is 0 Å². The van der Waals surface area contributed by atoms with Crippen LogP contribution in [-0.4, -0.2) is 16.1 Å². The largest absolute Gasteiger partial charge is 0.383 e. The van der Waals surface area contributed by atoms with E-state index in [-0.39, 0.29) is 11.7 Å². The number of anilines is 2. The van der Waals surface area contributed by atoms with E-state index in [0.29, 0.717) is 5.56 Å². The van der Waals surface area contributed by atoms with Gasteiger partial charge < -0.3 is 11.1 Å². The molecule has 0 spiro atoms. The van der Waals surface area contributed by atoms with Crippen LogP contribution in [0.15, 0.2) is 24.4 Å². The number of H-pyrrole nitrogens is 1. The van der Waals surface area contributed by atoms with Gasteiger partial charge in [-0.2, -0.15) is 5.10 Å². The molecule has 0 atom stereocenters. The van der Waals surface area contributed by atoms with Crippen LogP contribution in [0.4, 0.5) is 11.5 Å². The SMILES string of the molecule is Cc1cc(C)cc(NC(=O)c2cn[nH]c2N)c1. The molecule has 17 heavy (non-hydrogen) atoms. The molecule has 0 unspecified atom stereocenters. The fourth-order valence-electron chi connectivity index (χ4n) is 1.72. The zero-order valence-electron chi connectivity index (χ0n) is 9.74. The Morgan fingerprint density at radius 3 is 2.47 bits per heavy atom. The predicted molar refractivity (Wildman–Crippen MR) is 66.9 cm³/mol. The standard InChI is InChI=1S/C12H14N4O/c1-7-3-8(2)5-9(4-7)15-12(17)10-6-14-16-11(10)13/h3-6H,1-2H3,(H,15,17)(H3,13,14,16). The molecule has 88 valence electrons. The van der Waals surface area contributed by atoms with Gasteiger partial charge in [-0.3, -0.25) is 9.89 Å². The first-order chi connectivity index (χ1) is 8.06. The number of aromatic nitrogens is 2. The maximum absolute atomic E-state index is 11.9. The minimum Gasteiger partial charge on any atom is -0.383 e. The summed E-state index contributed by atoms with van der Waals surface area (Å²) >= 11 is 0. The van der Waals surface area contributed by atoms with Crippen LogP contribution in [0.2, 0.25) is 0 Å². The van der Waals surface area contributed by atoms with Gasteiger partial charge in [0, 0.05) is 5.69 Å². The third-order valence-corrected chi connectivity index (χ3v) is 2.39. The lowest BCUT2D eigenvalue weighted by Gasteiger charge is -2.06. The molecule has 1 aromatic carbocycles. The molecule has 1 heterocycles. The quantitative estimate of drug-likeness (QED) is 0.736. The highest BCUT2D eigenvalue weighted by atomic mass is 16.1. The van der Waals surface area contributed by atoms with E-state index in [1.165, 1.54) is 6.20 Å². The number of aryl methyl sites for hydroxylation is 2. The van der Waals surface area contributed by atoms with E-state index in [2.05, 4.69) is 15.5 Å². The van der Waals surface area contributed by atoms with Gasteiger partial charge >= 0.3 is 0 Å². The molecule has 2 rings (SSSR count). The van der Waals surface area contributed by atoms with Crippen molar-refractivity contribution >= 4 is 17.4 Å². The summed E-state index contributed by atoms with van der Waals surface area (Å²) in [5.41, 5.74) is 8.88. The molecule has 0 aliphatic carbocycles. The number of hydrogen-bond acceptors (Lipinski definition) is 3. The summed E-state index contributed by atoms with van der Waals surface area (Å²) in [5.74, 6) is 0.00752. The van der Waals surface area contributed by atoms with E-state index < -0.39 is 0 Å². The molecule has 1 aromatic heterocycles. The molecule has 0 saturated heterocycles. The number of carbonyl (C=O) groups excluding carboxylic acids is 1. The Hall–Kier alpha value is -2.30. The third kappa shape index (κ3) is 2.44. The molecule has 0 aliphatic heterocycles. The zero-order valence-corrected chi connectivity index (χ0v) is 9.74. The van der Waals surface area contributed by atoms with Gasteiger partial charge in [0.1, 0.15) is 11.4 Å². The van der Waals surface area contributed by atoms with Crippen molar-refractivity contribution in [2.45, 2.75) is 13.8 Å². The van der Waals surface area contributed by atoms with Crippen LogP contribution in [-0.2, 0) is 0 Å². The predicted octanol–water partition coefficient (Wildman–Crippen LogP) is 1.86. The van der Waals surface area contributed by atoms with Crippen molar-refractivity contribution in [3.8, 4) is 0 Å². The highest BCUT2D eigenvalue weighted by molar-refractivity contribution is 6.07. The van der Waals surface area contributed by atoms with Gasteiger partial charge in [-0.1, -0.05) is 6.07 Å². The minimum atomic E-state index is -0.263. The number of carbonyl (C=O) groups is 1. The summed E-state index contributed by atoms with van der Waals surface area (Å²) in [6, 6.07) is 5.85. The van der Waals surface area contributed by atoms with E-state index in [9.17, 15) is 4.79 Å². The fraction of sp³-hybridized carbons (Fsp3) is 0.167. The van der Waals surface area contributed by atoms with E-state index in [1.807, 2.05) is 32.0 Å². The van der Waals surface area contributed by atoms with E-state index in [4.69, 9.17) is 5.73 Å². The first kappa shape index (κ1) is 11.2. The minimum absolute atomic E-state index is 0.263. The number of nitrogen functional groups attached to an aromatic ring is 1. The normalized spacial score (nSPS) is 10.2. The van der Waals surface area contributed by atoms with Crippen molar-refractivity contribution in [1.29, 1.82) is 0 Å². The van der Waals surface area contributed by atoms with Gasteiger partial charge in [0.2, 0.25) is 0 Å². The summed E-state index contributed by atoms with van der Waals surface area (Å²) in [6.07, 6.45) is 1.41. The Kier molecular flexibility index (Phi) is 2.82. The second-order valence-electron chi connectivity index (χ2n) is 4.03. The molecular weight excluding hydrogens is 216 g/mol. The zero-order chi connectivity index (χ0) is 12.4. The van der Waals surface area contributed by atoms with Crippen LogP contribution in [0.25, 0.3) is 0 Å². The molecule has 0 aliphatic rings. The molecule has 2 aromatic rings. The number of nitrogens with one attached hydrogen (secondary N) is 2. The van der Waals surface area contributed by atoms with Crippen molar-refractivity contribution in [1.82, 2.24) is 10.2 Å². The lowest BCUT2D eigenvalue weighted by molar-refractivity contribution is 0.102. The number of hydrogen-bond donors (Lipinski definition) is 3. The van der Waals surface area contributed by atoms with Crippen LogP contribution < -0.4 is 11.1 Å². The number of amides is 1. The molecule has 0 radical (unpaired) electrons. The number of rotatable bonds is 2. The average molecular weight is 230 g/mol. The summed E-state index contributed by atoms with van der Waals surface area (Å²) in [6.45, 7) is 3.96. The Labute approximate surface area is 99.0 Å². The Balaban J connectivity index is 2.21. The van der Waals surface area contributed by atoms with Crippen LogP contribution in [0.3, 0.4) is 0 Å². The number of nitrogens with two attached hydrogens (primary N) is 1. The lowest BCUT2D eigenvalue weighted by Crippen LogP contribution is -2.13. The van der Waals surface area contributed by atoms with Crippen LogP contribution in [0.1, 0.15) is 21.5 Å². The topological polar surface area (TPSA) is 83.8 Å². The van der Waals surface area contributed by atoms with Crippen molar-refractivity contribution < 1.29 is 4.79 Å². The first-order valence-electron chi connectivity index (χ1n) is 5.25. The average Bonchev–Trinajstić information content (AvgIpc) is 2.62. The van der Waals surface area contributed by atoms with E-state index in [1.54, 1.807) is 0 Å². The van der Waals surface area contributed by atoms with Crippen molar-refractivity contribution in [3.05, 3.63) is 41.1 Å². The summed E-state index contributed by atoms with van der Waals surface area (Å²) in [4.78, 5) is 11.9. The van der Waals surface area contributed by atoms with Crippen LogP contribution in [0.5, 0.6) is 0 Å². The van der Waals surface area contributed by atoms with Crippen LogP contribution >= 0.6 is 0 Å². The fourth-order valence-corrected chi connectivity index (χ4v) is 1.72. The third-order valence-electron chi connectivity index (χ3n) is 2.39. The number of benzene rings is 1. The molecular formula is C12H14N4O. The highest BCUT2D eigenvalue weighted by Gasteiger charge is 2.11. The van der Waals surface area contributed by atoms with Crippen molar-refractivity contribution in [2.24, 2.45) is 0 Å². The van der Waals surface area contributed by atoms with Gasteiger partial charge in [-0.05, 0) is 37.1 Å². The molecule has 0 saturated carbocycles. The molecule has 0 fully saturated rings. The maximum atomic E-state index is 11.9. The Morgan fingerprint density at radius 2 is 1.94 bits per heavy atom.